The van der Waals surface area contributed by atoms with E-state index in [1.54, 1.807) is 0 Å². The van der Waals surface area contributed by atoms with E-state index in [2.05, 4.69) is 10.6 Å². The Hall–Kier alpha value is -0.610. The third-order valence-corrected chi connectivity index (χ3v) is 5.17. The average Bonchev–Trinajstić information content (AvgIpc) is 2.90. The van der Waals surface area contributed by atoms with Gasteiger partial charge in [-0.3, -0.25) is 4.79 Å². The Morgan fingerprint density at radius 2 is 2.12 bits per heavy atom. The van der Waals surface area contributed by atoms with Crippen LogP contribution in [0, 0.1) is 11.3 Å². The second-order valence-electron chi connectivity index (χ2n) is 6.52. The maximum atomic E-state index is 12.2. The van der Waals surface area contributed by atoms with Crippen LogP contribution in [-0.4, -0.2) is 35.2 Å². The fraction of sp³-hybridized carbons (Fsp3) is 0.923. The molecule has 2 aliphatic heterocycles. The van der Waals surface area contributed by atoms with Crippen LogP contribution in [0.2, 0.25) is 0 Å². The highest BCUT2D eigenvalue weighted by molar-refractivity contribution is 5.80. The van der Waals surface area contributed by atoms with Gasteiger partial charge >= 0.3 is 0 Å². The van der Waals surface area contributed by atoms with Gasteiger partial charge in [0.1, 0.15) is 0 Å². The molecule has 4 heteroatoms. The largest absolute Gasteiger partial charge is 0.392 e. The average molecular weight is 238 g/mol. The van der Waals surface area contributed by atoms with E-state index in [0.29, 0.717) is 18.5 Å². The van der Waals surface area contributed by atoms with Gasteiger partial charge in [0, 0.05) is 23.5 Å². The van der Waals surface area contributed by atoms with Gasteiger partial charge < -0.3 is 15.7 Å². The molecule has 0 aromatic heterocycles. The van der Waals surface area contributed by atoms with Crippen LogP contribution in [-0.2, 0) is 4.79 Å². The molecule has 0 radical (unpaired) electrons. The maximum absolute atomic E-state index is 12.2. The molecule has 2 heterocycles. The lowest BCUT2D eigenvalue weighted by Crippen LogP contribution is -2.62. The molecule has 0 spiro atoms. The van der Waals surface area contributed by atoms with Crippen LogP contribution in [0.15, 0.2) is 0 Å². The van der Waals surface area contributed by atoms with Gasteiger partial charge in [-0.2, -0.15) is 0 Å². The smallest absolute Gasteiger partial charge is 0.224 e. The molecule has 1 saturated carbocycles. The van der Waals surface area contributed by atoms with E-state index in [1.165, 1.54) is 6.42 Å². The molecule has 0 aromatic carbocycles. The molecule has 1 aliphatic carbocycles. The fourth-order valence-electron chi connectivity index (χ4n) is 3.54. The van der Waals surface area contributed by atoms with Crippen molar-refractivity contribution in [2.75, 3.05) is 0 Å². The summed E-state index contributed by atoms with van der Waals surface area (Å²) in [6.45, 7) is 4.04. The Morgan fingerprint density at radius 3 is 2.59 bits per heavy atom. The van der Waals surface area contributed by atoms with Crippen molar-refractivity contribution in [1.82, 2.24) is 10.6 Å². The van der Waals surface area contributed by atoms with E-state index in [1.807, 2.05) is 13.8 Å². The summed E-state index contributed by atoms with van der Waals surface area (Å²) in [4.78, 5) is 12.2. The van der Waals surface area contributed by atoms with Crippen molar-refractivity contribution in [2.45, 2.75) is 63.8 Å². The Balaban J connectivity index is 1.58. The molecule has 0 aromatic rings. The summed E-state index contributed by atoms with van der Waals surface area (Å²) in [6, 6.07) is 1.10. The van der Waals surface area contributed by atoms with Gasteiger partial charge in [-0.15, -0.1) is 0 Å². The summed E-state index contributed by atoms with van der Waals surface area (Å²) in [5.74, 6) is 0.344. The minimum atomic E-state index is -0.272. The van der Waals surface area contributed by atoms with Gasteiger partial charge in [-0.05, 0) is 25.7 Å². The number of fused-ring (bicyclic) bond motifs is 2. The van der Waals surface area contributed by atoms with E-state index >= 15 is 0 Å². The molecule has 5 atom stereocenters. The number of hydrogen-bond donors (Lipinski definition) is 3. The summed E-state index contributed by atoms with van der Waals surface area (Å²) in [6.07, 6.45) is 3.78. The highest BCUT2D eigenvalue weighted by Gasteiger charge is 2.50. The second-order valence-corrected chi connectivity index (χ2v) is 6.52. The molecule has 17 heavy (non-hydrogen) atoms. The topological polar surface area (TPSA) is 61.4 Å². The van der Waals surface area contributed by atoms with Gasteiger partial charge in [0.15, 0.2) is 0 Å². The Bertz CT molecular complexity index is 342. The molecule has 2 bridgehead atoms. The van der Waals surface area contributed by atoms with Crippen LogP contribution < -0.4 is 10.6 Å². The van der Waals surface area contributed by atoms with Gasteiger partial charge in [0.25, 0.3) is 0 Å². The first kappa shape index (κ1) is 11.5. The van der Waals surface area contributed by atoms with Crippen LogP contribution in [0.1, 0.15) is 39.5 Å². The SMILES string of the molecule is CC1(C)C(O)CC1NC(=O)C1CC2CCC1N2. The lowest BCUT2D eigenvalue weighted by molar-refractivity contribution is -0.133. The highest BCUT2D eigenvalue weighted by Crippen LogP contribution is 2.41. The quantitative estimate of drug-likeness (QED) is 0.652. The molecule has 1 amide bonds. The molecular formula is C13H22N2O2. The number of amides is 1. The normalized spacial score (nSPS) is 46.6. The summed E-state index contributed by atoms with van der Waals surface area (Å²) in [7, 11) is 0. The zero-order valence-electron chi connectivity index (χ0n) is 10.6. The number of aliphatic hydroxyl groups is 1. The summed E-state index contributed by atoms with van der Waals surface area (Å²) in [5.41, 5.74) is -0.166. The van der Waals surface area contributed by atoms with Crippen LogP contribution in [0.3, 0.4) is 0 Å². The maximum Gasteiger partial charge on any atom is 0.224 e. The van der Waals surface area contributed by atoms with E-state index < -0.39 is 0 Å². The lowest BCUT2D eigenvalue weighted by atomic mass is 9.64. The summed E-state index contributed by atoms with van der Waals surface area (Å²) < 4.78 is 0. The van der Waals surface area contributed by atoms with Crippen molar-refractivity contribution >= 4 is 5.91 Å². The van der Waals surface area contributed by atoms with Gasteiger partial charge in [0.2, 0.25) is 5.91 Å². The zero-order valence-corrected chi connectivity index (χ0v) is 10.6. The minimum absolute atomic E-state index is 0.143. The van der Waals surface area contributed by atoms with Gasteiger partial charge in [-0.1, -0.05) is 13.8 Å². The van der Waals surface area contributed by atoms with Crippen molar-refractivity contribution in [3.63, 3.8) is 0 Å². The molecular weight excluding hydrogens is 216 g/mol. The third kappa shape index (κ3) is 1.69. The van der Waals surface area contributed by atoms with Gasteiger partial charge in [0.05, 0.1) is 12.0 Å². The molecule has 3 N–H and O–H groups in total. The second kappa shape index (κ2) is 3.69. The number of carbonyl (C=O) groups is 1. The number of hydrogen-bond acceptors (Lipinski definition) is 3. The van der Waals surface area contributed by atoms with Crippen LogP contribution in [0.4, 0.5) is 0 Å². The Morgan fingerprint density at radius 1 is 1.35 bits per heavy atom. The minimum Gasteiger partial charge on any atom is -0.392 e. The van der Waals surface area contributed by atoms with Crippen LogP contribution >= 0.6 is 0 Å². The molecule has 5 unspecified atom stereocenters. The van der Waals surface area contributed by atoms with Crippen molar-refractivity contribution < 1.29 is 9.90 Å². The number of rotatable bonds is 2. The monoisotopic (exact) mass is 238 g/mol. The predicted octanol–water partition coefficient (Wildman–Crippen LogP) is 0.402. The van der Waals surface area contributed by atoms with E-state index in [9.17, 15) is 9.90 Å². The van der Waals surface area contributed by atoms with E-state index in [0.717, 1.165) is 12.8 Å². The van der Waals surface area contributed by atoms with Gasteiger partial charge in [-0.25, -0.2) is 0 Å². The van der Waals surface area contributed by atoms with Crippen molar-refractivity contribution in [2.24, 2.45) is 11.3 Å². The highest BCUT2D eigenvalue weighted by atomic mass is 16.3. The summed E-state index contributed by atoms with van der Waals surface area (Å²) in [5, 5.41) is 16.3. The van der Waals surface area contributed by atoms with Crippen molar-refractivity contribution in [3.05, 3.63) is 0 Å². The zero-order chi connectivity index (χ0) is 12.2. The molecule has 4 nitrogen and oxygen atoms in total. The molecule has 96 valence electrons. The third-order valence-electron chi connectivity index (χ3n) is 5.17. The first-order valence-corrected chi connectivity index (χ1v) is 6.73. The van der Waals surface area contributed by atoms with Crippen molar-refractivity contribution in [1.29, 1.82) is 0 Å². The summed E-state index contributed by atoms with van der Waals surface area (Å²) >= 11 is 0. The number of carbonyl (C=O) groups excluding carboxylic acids is 1. The van der Waals surface area contributed by atoms with Crippen LogP contribution in [0.5, 0.6) is 0 Å². The molecule has 3 fully saturated rings. The Labute approximate surface area is 102 Å². The standard InChI is InChI=1S/C13H22N2O2/c1-13(2)10(6-11(13)16)15-12(17)8-5-7-3-4-9(8)14-7/h7-11,14,16H,3-6H2,1-2H3,(H,15,17). The number of nitrogens with one attached hydrogen (secondary N) is 2. The first-order valence-electron chi connectivity index (χ1n) is 6.73. The van der Waals surface area contributed by atoms with Crippen molar-refractivity contribution in [3.8, 4) is 0 Å². The molecule has 2 saturated heterocycles. The Kier molecular flexibility index (Phi) is 2.49. The molecule has 3 aliphatic rings. The fourth-order valence-corrected chi connectivity index (χ4v) is 3.54. The predicted molar refractivity (Wildman–Crippen MR) is 64.4 cm³/mol. The first-order chi connectivity index (χ1) is 7.98. The van der Waals surface area contributed by atoms with E-state index in [-0.39, 0.29) is 29.4 Å². The van der Waals surface area contributed by atoms with E-state index in [4.69, 9.17) is 0 Å². The molecule has 3 rings (SSSR count). The number of aliphatic hydroxyl groups excluding tert-OH is 1. The van der Waals surface area contributed by atoms with Crippen LogP contribution in [0.25, 0.3) is 0 Å². The lowest BCUT2D eigenvalue weighted by Gasteiger charge is -2.49.